The third-order valence-electron chi connectivity index (χ3n) is 1.94. The third-order valence-corrected chi connectivity index (χ3v) is 1.94. The maximum absolute atomic E-state index is 8.75. The average molecular weight is 193 g/mol. The summed E-state index contributed by atoms with van der Waals surface area (Å²) in [4.78, 5) is 17.1. The molecule has 74 valence electrons. The number of likely N-dealkylation sites (N-methyl/N-ethyl adjacent to an activating group) is 1. The van der Waals surface area contributed by atoms with E-state index in [0.717, 1.165) is 5.52 Å². The minimum atomic E-state index is 0.0818. The van der Waals surface area contributed by atoms with Gasteiger partial charge in [0.15, 0.2) is 5.65 Å². The van der Waals surface area contributed by atoms with Crippen molar-refractivity contribution in [2.45, 2.75) is 0 Å². The lowest BCUT2D eigenvalue weighted by atomic mass is 10.5. The minimum Gasteiger partial charge on any atom is -0.395 e. The maximum Gasteiger partial charge on any atom is 0.227 e. The molecule has 0 atom stereocenters. The molecule has 0 saturated carbocycles. The number of anilines is 1. The Balaban J connectivity index is 2.33. The lowest BCUT2D eigenvalue weighted by Gasteiger charge is -2.14. The Kier molecular flexibility index (Phi) is 2.28. The van der Waals surface area contributed by atoms with E-state index >= 15 is 0 Å². The first-order chi connectivity index (χ1) is 6.81. The summed E-state index contributed by atoms with van der Waals surface area (Å²) in [5, 5.41) is 8.75. The number of rotatable bonds is 3. The van der Waals surface area contributed by atoms with Gasteiger partial charge in [0.05, 0.1) is 19.1 Å². The molecular formula is C8H11N5O. The molecule has 0 saturated heterocycles. The number of imidazole rings is 1. The van der Waals surface area contributed by atoms with Crippen LogP contribution in [0.2, 0.25) is 0 Å². The van der Waals surface area contributed by atoms with Crippen LogP contribution >= 0.6 is 0 Å². The molecule has 6 heteroatoms. The normalized spacial score (nSPS) is 10.7. The van der Waals surface area contributed by atoms with E-state index in [0.29, 0.717) is 18.1 Å². The van der Waals surface area contributed by atoms with Crippen LogP contribution in [0.4, 0.5) is 5.95 Å². The number of aromatic nitrogens is 4. The molecule has 2 N–H and O–H groups in total. The first-order valence-electron chi connectivity index (χ1n) is 4.29. The summed E-state index contributed by atoms with van der Waals surface area (Å²) in [5.41, 5.74) is 1.45. The fraction of sp³-hybridized carbons (Fsp3) is 0.375. The van der Waals surface area contributed by atoms with Gasteiger partial charge in [0.2, 0.25) is 5.95 Å². The third kappa shape index (κ3) is 1.51. The molecule has 0 aliphatic rings. The van der Waals surface area contributed by atoms with Crippen molar-refractivity contribution in [2.24, 2.45) is 0 Å². The van der Waals surface area contributed by atoms with E-state index in [2.05, 4.69) is 19.9 Å². The lowest BCUT2D eigenvalue weighted by molar-refractivity contribution is 0.303. The van der Waals surface area contributed by atoms with Crippen molar-refractivity contribution in [3.05, 3.63) is 12.5 Å². The van der Waals surface area contributed by atoms with E-state index < -0.39 is 0 Å². The molecule has 2 rings (SSSR count). The first-order valence-corrected chi connectivity index (χ1v) is 4.29. The summed E-state index contributed by atoms with van der Waals surface area (Å²) in [6.45, 7) is 0.592. The van der Waals surface area contributed by atoms with Gasteiger partial charge in [0, 0.05) is 13.6 Å². The van der Waals surface area contributed by atoms with Crippen LogP contribution in [0.25, 0.3) is 11.2 Å². The molecule has 14 heavy (non-hydrogen) atoms. The van der Waals surface area contributed by atoms with Gasteiger partial charge in [-0.15, -0.1) is 0 Å². The van der Waals surface area contributed by atoms with Gasteiger partial charge in [-0.1, -0.05) is 0 Å². The van der Waals surface area contributed by atoms with Crippen LogP contribution in [0.3, 0.4) is 0 Å². The van der Waals surface area contributed by atoms with Crippen molar-refractivity contribution in [1.82, 2.24) is 19.9 Å². The average Bonchev–Trinajstić information content (AvgIpc) is 2.64. The topological polar surface area (TPSA) is 77.9 Å². The number of H-pyrrole nitrogens is 1. The van der Waals surface area contributed by atoms with E-state index in [9.17, 15) is 0 Å². The molecular weight excluding hydrogens is 182 g/mol. The van der Waals surface area contributed by atoms with Crippen LogP contribution in [-0.4, -0.2) is 45.2 Å². The Morgan fingerprint density at radius 3 is 3.14 bits per heavy atom. The highest BCUT2D eigenvalue weighted by Crippen LogP contribution is 2.09. The molecule has 0 fully saturated rings. The zero-order chi connectivity index (χ0) is 9.97. The molecule has 2 aromatic rings. The van der Waals surface area contributed by atoms with E-state index in [1.54, 1.807) is 17.4 Å². The Labute approximate surface area is 80.6 Å². The zero-order valence-electron chi connectivity index (χ0n) is 7.80. The van der Waals surface area contributed by atoms with Gasteiger partial charge in [-0.2, -0.15) is 4.98 Å². The van der Waals surface area contributed by atoms with E-state index in [1.807, 2.05) is 7.05 Å². The van der Waals surface area contributed by atoms with E-state index in [1.165, 1.54) is 0 Å². The predicted molar refractivity (Wildman–Crippen MR) is 52.0 cm³/mol. The second-order valence-electron chi connectivity index (χ2n) is 2.95. The maximum atomic E-state index is 8.75. The van der Waals surface area contributed by atoms with Crippen LogP contribution in [0.15, 0.2) is 12.5 Å². The van der Waals surface area contributed by atoms with Gasteiger partial charge in [0.25, 0.3) is 0 Å². The molecule has 0 aromatic carbocycles. The van der Waals surface area contributed by atoms with Crippen molar-refractivity contribution in [3.8, 4) is 0 Å². The Morgan fingerprint density at radius 2 is 2.36 bits per heavy atom. The van der Waals surface area contributed by atoms with Crippen molar-refractivity contribution >= 4 is 17.1 Å². The Bertz CT molecular complexity index is 426. The van der Waals surface area contributed by atoms with E-state index in [-0.39, 0.29) is 6.61 Å². The highest BCUT2D eigenvalue weighted by molar-refractivity contribution is 5.69. The van der Waals surface area contributed by atoms with Gasteiger partial charge in [-0.05, 0) is 0 Å². The minimum absolute atomic E-state index is 0.0818. The van der Waals surface area contributed by atoms with Crippen molar-refractivity contribution < 1.29 is 5.11 Å². The van der Waals surface area contributed by atoms with Crippen LogP contribution in [0.1, 0.15) is 0 Å². The summed E-state index contributed by atoms with van der Waals surface area (Å²) < 4.78 is 0. The number of nitrogens with one attached hydrogen (secondary N) is 1. The molecule has 0 bridgehead atoms. The summed E-state index contributed by atoms with van der Waals surface area (Å²) in [5.74, 6) is 0.568. The molecule has 0 radical (unpaired) electrons. The van der Waals surface area contributed by atoms with Gasteiger partial charge < -0.3 is 15.0 Å². The molecule has 0 aliphatic heterocycles. The van der Waals surface area contributed by atoms with Gasteiger partial charge in [-0.25, -0.2) is 9.97 Å². The van der Waals surface area contributed by atoms with Crippen molar-refractivity contribution in [1.29, 1.82) is 0 Å². The number of hydrogen-bond acceptors (Lipinski definition) is 5. The van der Waals surface area contributed by atoms with Crippen LogP contribution in [-0.2, 0) is 0 Å². The summed E-state index contributed by atoms with van der Waals surface area (Å²) >= 11 is 0. The van der Waals surface area contributed by atoms with Crippen molar-refractivity contribution in [2.75, 3.05) is 25.1 Å². The number of fused-ring (bicyclic) bond motifs is 1. The number of hydrogen-bond donors (Lipinski definition) is 2. The molecule has 0 amide bonds. The summed E-state index contributed by atoms with van der Waals surface area (Å²) in [6.07, 6.45) is 3.26. The standard InChI is InChI=1S/C8H11N5O/c1-13(2-3-14)8-9-4-6-7(12-8)11-5-10-6/h4-5,14H,2-3H2,1H3,(H,9,10,11,12). The largest absolute Gasteiger partial charge is 0.395 e. The highest BCUT2D eigenvalue weighted by atomic mass is 16.3. The fourth-order valence-corrected chi connectivity index (χ4v) is 1.16. The predicted octanol–water partition coefficient (Wildman–Crippen LogP) is -0.219. The number of aliphatic hydroxyl groups excluding tert-OH is 1. The summed E-state index contributed by atoms with van der Waals surface area (Å²) in [7, 11) is 1.82. The van der Waals surface area contributed by atoms with Crippen LogP contribution in [0, 0.1) is 0 Å². The van der Waals surface area contributed by atoms with Gasteiger partial charge >= 0.3 is 0 Å². The van der Waals surface area contributed by atoms with Gasteiger partial charge in [0.1, 0.15) is 5.52 Å². The first kappa shape index (κ1) is 8.89. The van der Waals surface area contributed by atoms with Gasteiger partial charge in [-0.3, -0.25) is 0 Å². The number of aliphatic hydroxyl groups is 1. The monoisotopic (exact) mass is 193 g/mol. The molecule has 6 nitrogen and oxygen atoms in total. The smallest absolute Gasteiger partial charge is 0.227 e. The fourth-order valence-electron chi connectivity index (χ4n) is 1.16. The van der Waals surface area contributed by atoms with Crippen LogP contribution < -0.4 is 4.90 Å². The lowest BCUT2D eigenvalue weighted by Crippen LogP contribution is -2.23. The molecule has 0 spiro atoms. The van der Waals surface area contributed by atoms with Crippen molar-refractivity contribution in [3.63, 3.8) is 0 Å². The quantitative estimate of drug-likeness (QED) is 0.704. The molecule has 2 heterocycles. The Morgan fingerprint density at radius 1 is 1.50 bits per heavy atom. The molecule has 0 aliphatic carbocycles. The second-order valence-corrected chi connectivity index (χ2v) is 2.95. The zero-order valence-corrected chi connectivity index (χ0v) is 7.80. The number of aromatic amines is 1. The van der Waals surface area contributed by atoms with Crippen LogP contribution in [0.5, 0.6) is 0 Å². The highest BCUT2D eigenvalue weighted by Gasteiger charge is 2.05. The number of nitrogens with zero attached hydrogens (tertiary/aromatic N) is 4. The SMILES string of the molecule is CN(CCO)c1ncc2[nH]cnc2n1. The molecule has 0 unspecified atom stereocenters. The second kappa shape index (κ2) is 3.59. The van der Waals surface area contributed by atoms with E-state index in [4.69, 9.17) is 5.11 Å². The molecule has 2 aromatic heterocycles. The Hall–Kier alpha value is -1.69. The summed E-state index contributed by atoms with van der Waals surface area (Å²) in [6, 6.07) is 0.